The van der Waals surface area contributed by atoms with E-state index in [1.807, 2.05) is 6.07 Å². The summed E-state index contributed by atoms with van der Waals surface area (Å²) in [5, 5.41) is 13.0. The maximum absolute atomic E-state index is 9.66. The van der Waals surface area contributed by atoms with Gasteiger partial charge in [0.2, 0.25) is 0 Å². The predicted octanol–water partition coefficient (Wildman–Crippen LogP) is 3.60. The number of aliphatic hydroxyl groups is 1. The first-order chi connectivity index (χ1) is 7.67. The third kappa shape index (κ3) is 4.42. The summed E-state index contributed by atoms with van der Waals surface area (Å²) in [6.07, 6.45) is 2.64. The van der Waals surface area contributed by atoms with E-state index in [2.05, 4.69) is 25.2 Å². The molecule has 0 spiro atoms. The Morgan fingerprint density at radius 3 is 2.69 bits per heavy atom. The molecule has 1 aromatic heterocycles. The van der Waals surface area contributed by atoms with Crippen molar-refractivity contribution in [2.75, 3.05) is 6.54 Å². The highest BCUT2D eigenvalue weighted by atomic mass is 35.5. The summed E-state index contributed by atoms with van der Waals surface area (Å²) < 4.78 is 0.823. The summed E-state index contributed by atoms with van der Waals surface area (Å²) in [4.78, 5) is 1.25. The molecule has 2 atom stereocenters. The summed E-state index contributed by atoms with van der Waals surface area (Å²) in [5.74, 6) is 0. The number of aliphatic hydroxyl groups excluding tert-OH is 1. The predicted molar refractivity (Wildman–Crippen MR) is 71.3 cm³/mol. The van der Waals surface area contributed by atoms with Crippen LogP contribution in [0.4, 0.5) is 0 Å². The molecule has 0 aromatic carbocycles. The zero-order valence-corrected chi connectivity index (χ0v) is 11.4. The minimum atomic E-state index is -0.241. The molecule has 0 fully saturated rings. The SMILES string of the molecule is CCCC(O)CNC(CC)c1ccc(Cl)s1. The van der Waals surface area contributed by atoms with Gasteiger partial charge in [0.1, 0.15) is 0 Å². The molecular weight excluding hydrogens is 242 g/mol. The van der Waals surface area contributed by atoms with Gasteiger partial charge in [-0.05, 0) is 25.0 Å². The van der Waals surface area contributed by atoms with Crippen molar-refractivity contribution < 1.29 is 5.11 Å². The Kier molecular flexibility index (Phi) is 6.36. The second kappa shape index (κ2) is 7.28. The molecule has 0 aliphatic carbocycles. The Bertz CT molecular complexity index is 303. The molecule has 16 heavy (non-hydrogen) atoms. The van der Waals surface area contributed by atoms with Crippen LogP contribution in [-0.2, 0) is 0 Å². The average Bonchev–Trinajstić information content (AvgIpc) is 2.66. The Labute approximate surface area is 107 Å². The molecule has 2 nitrogen and oxygen atoms in total. The van der Waals surface area contributed by atoms with Crippen molar-refractivity contribution in [3.05, 3.63) is 21.3 Å². The molecule has 1 heterocycles. The second-order valence-corrected chi connectivity index (χ2v) is 5.70. The van der Waals surface area contributed by atoms with Crippen LogP contribution in [0.2, 0.25) is 4.34 Å². The Hall–Kier alpha value is -0.0900. The van der Waals surface area contributed by atoms with Crippen molar-refractivity contribution in [1.29, 1.82) is 0 Å². The first-order valence-electron chi connectivity index (χ1n) is 5.84. The second-order valence-electron chi connectivity index (χ2n) is 3.95. The van der Waals surface area contributed by atoms with Crippen LogP contribution in [0.25, 0.3) is 0 Å². The zero-order chi connectivity index (χ0) is 12.0. The number of nitrogens with one attached hydrogen (secondary N) is 1. The van der Waals surface area contributed by atoms with Crippen LogP contribution in [0.5, 0.6) is 0 Å². The number of rotatable bonds is 7. The van der Waals surface area contributed by atoms with E-state index >= 15 is 0 Å². The molecule has 4 heteroatoms. The number of halogens is 1. The van der Waals surface area contributed by atoms with E-state index in [0.717, 1.165) is 23.6 Å². The van der Waals surface area contributed by atoms with Gasteiger partial charge in [-0.25, -0.2) is 0 Å². The van der Waals surface area contributed by atoms with Gasteiger partial charge in [-0.15, -0.1) is 11.3 Å². The number of hydrogen-bond donors (Lipinski definition) is 2. The highest BCUT2D eigenvalue weighted by Gasteiger charge is 2.12. The summed E-state index contributed by atoms with van der Waals surface area (Å²) >= 11 is 7.52. The summed E-state index contributed by atoms with van der Waals surface area (Å²) in [6, 6.07) is 4.29. The van der Waals surface area contributed by atoms with Gasteiger partial charge in [-0.1, -0.05) is 31.9 Å². The largest absolute Gasteiger partial charge is 0.392 e. The Morgan fingerprint density at radius 2 is 2.19 bits per heavy atom. The maximum Gasteiger partial charge on any atom is 0.0931 e. The normalized spacial score (nSPS) is 15.0. The van der Waals surface area contributed by atoms with Gasteiger partial charge in [-0.3, -0.25) is 0 Å². The summed E-state index contributed by atoms with van der Waals surface area (Å²) in [6.45, 7) is 4.87. The van der Waals surface area contributed by atoms with Gasteiger partial charge in [0.25, 0.3) is 0 Å². The lowest BCUT2D eigenvalue weighted by molar-refractivity contribution is 0.156. The van der Waals surface area contributed by atoms with Crippen molar-refractivity contribution in [2.45, 2.75) is 45.3 Å². The van der Waals surface area contributed by atoms with Gasteiger partial charge < -0.3 is 10.4 Å². The van der Waals surface area contributed by atoms with Gasteiger partial charge in [0.15, 0.2) is 0 Å². The van der Waals surface area contributed by atoms with Crippen LogP contribution in [0, 0.1) is 0 Å². The van der Waals surface area contributed by atoms with Crippen molar-refractivity contribution in [3.8, 4) is 0 Å². The Balaban J connectivity index is 2.43. The molecule has 2 unspecified atom stereocenters. The molecular formula is C12H20ClNOS. The van der Waals surface area contributed by atoms with Crippen LogP contribution in [0.1, 0.15) is 44.0 Å². The molecule has 1 rings (SSSR count). The van der Waals surface area contributed by atoms with Crippen molar-refractivity contribution in [2.24, 2.45) is 0 Å². The van der Waals surface area contributed by atoms with E-state index in [0.29, 0.717) is 12.6 Å². The van der Waals surface area contributed by atoms with E-state index in [1.54, 1.807) is 11.3 Å². The van der Waals surface area contributed by atoms with Crippen LogP contribution in [0.3, 0.4) is 0 Å². The standard InChI is InChI=1S/C12H20ClNOS/c1-3-5-9(15)8-14-10(4-2)11-6-7-12(13)16-11/h6-7,9-10,14-15H,3-5,8H2,1-2H3. The molecule has 2 N–H and O–H groups in total. The van der Waals surface area contributed by atoms with Gasteiger partial charge >= 0.3 is 0 Å². The lowest BCUT2D eigenvalue weighted by atomic mass is 10.1. The molecule has 0 bridgehead atoms. The monoisotopic (exact) mass is 261 g/mol. The molecule has 0 saturated carbocycles. The van der Waals surface area contributed by atoms with E-state index < -0.39 is 0 Å². The highest BCUT2D eigenvalue weighted by Crippen LogP contribution is 2.28. The van der Waals surface area contributed by atoms with Gasteiger partial charge in [0, 0.05) is 17.5 Å². The average molecular weight is 262 g/mol. The molecule has 92 valence electrons. The van der Waals surface area contributed by atoms with Crippen LogP contribution in [-0.4, -0.2) is 17.8 Å². The van der Waals surface area contributed by atoms with Crippen molar-refractivity contribution in [3.63, 3.8) is 0 Å². The molecule has 0 amide bonds. The third-order valence-corrected chi connectivity index (χ3v) is 3.91. The molecule has 0 radical (unpaired) electrons. The fraction of sp³-hybridized carbons (Fsp3) is 0.667. The van der Waals surface area contributed by atoms with E-state index in [9.17, 15) is 5.11 Å². The molecule has 0 aliphatic heterocycles. The van der Waals surface area contributed by atoms with Gasteiger partial charge in [0.05, 0.1) is 10.4 Å². The van der Waals surface area contributed by atoms with Crippen LogP contribution < -0.4 is 5.32 Å². The maximum atomic E-state index is 9.66. The van der Waals surface area contributed by atoms with Crippen LogP contribution >= 0.6 is 22.9 Å². The van der Waals surface area contributed by atoms with Crippen molar-refractivity contribution in [1.82, 2.24) is 5.32 Å². The quantitative estimate of drug-likeness (QED) is 0.786. The lowest BCUT2D eigenvalue weighted by Gasteiger charge is -2.18. The third-order valence-electron chi connectivity index (χ3n) is 2.57. The first-order valence-corrected chi connectivity index (χ1v) is 7.03. The lowest BCUT2D eigenvalue weighted by Crippen LogP contribution is -2.29. The summed E-state index contributed by atoms with van der Waals surface area (Å²) in [5.41, 5.74) is 0. The minimum absolute atomic E-state index is 0.241. The van der Waals surface area contributed by atoms with Crippen LogP contribution in [0.15, 0.2) is 12.1 Å². The summed E-state index contributed by atoms with van der Waals surface area (Å²) in [7, 11) is 0. The Morgan fingerprint density at radius 1 is 1.44 bits per heavy atom. The van der Waals surface area contributed by atoms with E-state index in [1.165, 1.54) is 4.88 Å². The zero-order valence-electron chi connectivity index (χ0n) is 9.87. The van der Waals surface area contributed by atoms with E-state index in [4.69, 9.17) is 11.6 Å². The van der Waals surface area contributed by atoms with Gasteiger partial charge in [-0.2, -0.15) is 0 Å². The fourth-order valence-electron chi connectivity index (χ4n) is 1.68. The van der Waals surface area contributed by atoms with E-state index in [-0.39, 0.29) is 6.10 Å². The smallest absolute Gasteiger partial charge is 0.0931 e. The first kappa shape index (κ1) is 14.0. The molecule has 0 saturated heterocycles. The highest BCUT2D eigenvalue weighted by molar-refractivity contribution is 7.16. The molecule has 1 aromatic rings. The van der Waals surface area contributed by atoms with Crippen molar-refractivity contribution >= 4 is 22.9 Å². The number of hydrogen-bond acceptors (Lipinski definition) is 3. The molecule has 0 aliphatic rings. The minimum Gasteiger partial charge on any atom is -0.392 e. The fourth-order valence-corrected chi connectivity index (χ4v) is 2.90. The number of thiophene rings is 1. The topological polar surface area (TPSA) is 32.3 Å².